The Balaban J connectivity index is 2.75. The second kappa shape index (κ2) is 4.30. The highest BCUT2D eigenvalue weighted by atomic mass is 16.3. The lowest BCUT2D eigenvalue weighted by molar-refractivity contribution is 0.0934. The van der Waals surface area contributed by atoms with Gasteiger partial charge >= 0.3 is 0 Å². The fourth-order valence-electron chi connectivity index (χ4n) is 2.34. The quantitative estimate of drug-likeness (QED) is 0.568. The summed E-state index contributed by atoms with van der Waals surface area (Å²) in [5, 5.41) is 9.38. The normalized spacial score (nSPS) is 25.0. The van der Waals surface area contributed by atoms with E-state index in [2.05, 4.69) is 38.8 Å². The second-order valence-electron chi connectivity index (χ2n) is 5.27. The SMILES string of the molecule is C=C(O)C(=C)N1CCC(C)(C)CC1CC. The summed E-state index contributed by atoms with van der Waals surface area (Å²) in [7, 11) is 0. The molecule has 1 saturated heterocycles. The summed E-state index contributed by atoms with van der Waals surface area (Å²) in [4.78, 5) is 2.20. The third-order valence-electron chi connectivity index (χ3n) is 3.41. The lowest BCUT2D eigenvalue weighted by Gasteiger charge is -2.45. The molecule has 0 aromatic heterocycles. The maximum absolute atomic E-state index is 9.38. The summed E-state index contributed by atoms with van der Waals surface area (Å²) >= 11 is 0. The number of nitrogens with zero attached hydrogens (tertiary/aromatic N) is 1. The van der Waals surface area contributed by atoms with Crippen LogP contribution in [-0.4, -0.2) is 22.6 Å². The third-order valence-corrected chi connectivity index (χ3v) is 3.41. The summed E-state index contributed by atoms with van der Waals surface area (Å²) in [6.07, 6.45) is 3.40. The van der Waals surface area contributed by atoms with Crippen molar-refractivity contribution in [2.75, 3.05) is 6.54 Å². The molecule has 0 spiro atoms. The van der Waals surface area contributed by atoms with Gasteiger partial charge in [-0.2, -0.15) is 0 Å². The van der Waals surface area contributed by atoms with Gasteiger partial charge < -0.3 is 10.0 Å². The van der Waals surface area contributed by atoms with E-state index in [9.17, 15) is 5.11 Å². The first-order valence-electron chi connectivity index (χ1n) is 5.71. The van der Waals surface area contributed by atoms with Gasteiger partial charge in [0.1, 0.15) is 5.76 Å². The first kappa shape index (κ1) is 12.2. The van der Waals surface area contributed by atoms with Crippen molar-refractivity contribution in [3.05, 3.63) is 24.6 Å². The van der Waals surface area contributed by atoms with E-state index in [1.807, 2.05) is 0 Å². The predicted molar refractivity (Wildman–Crippen MR) is 64.7 cm³/mol. The van der Waals surface area contributed by atoms with Crippen molar-refractivity contribution in [1.29, 1.82) is 0 Å². The van der Waals surface area contributed by atoms with Crippen LogP contribution in [-0.2, 0) is 0 Å². The molecule has 0 bridgehead atoms. The molecule has 2 nitrogen and oxygen atoms in total. The summed E-state index contributed by atoms with van der Waals surface area (Å²) in [5.41, 5.74) is 1.10. The van der Waals surface area contributed by atoms with E-state index in [1.54, 1.807) is 0 Å². The molecular formula is C13H23NO. The highest BCUT2D eigenvalue weighted by molar-refractivity contribution is 5.18. The van der Waals surface area contributed by atoms with Crippen LogP contribution in [0.2, 0.25) is 0 Å². The highest BCUT2D eigenvalue weighted by Gasteiger charge is 2.33. The molecule has 1 fully saturated rings. The Bertz CT molecular complexity index is 268. The lowest BCUT2D eigenvalue weighted by Crippen LogP contribution is -2.44. The summed E-state index contributed by atoms with van der Waals surface area (Å²) < 4.78 is 0. The molecule has 0 radical (unpaired) electrons. The van der Waals surface area contributed by atoms with Gasteiger partial charge in [0, 0.05) is 12.6 Å². The van der Waals surface area contributed by atoms with Crippen LogP contribution >= 0.6 is 0 Å². The van der Waals surface area contributed by atoms with Crippen LogP contribution in [0.3, 0.4) is 0 Å². The van der Waals surface area contributed by atoms with E-state index in [0.717, 1.165) is 25.8 Å². The number of hydrogen-bond donors (Lipinski definition) is 1. The van der Waals surface area contributed by atoms with Gasteiger partial charge in [-0.3, -0.25) is 0 Å². The zero-order valence-corrected chi connectivity index (χ0v) is 10.2. The van der Waals surface area contributed by atoms with E-state index in [0.29, 0.717) is 17.2 Å². The molecule has 15 heavy (non-hydrogen) atoms. The minimum Gasteiger partial charge on any atom is -0.506 e. The molecule has 0 aromatic rings. The monoisotopic (exact) mass is 209 g/mol. The van der Waals surface area contributed by atoms with E-state index in [1.165, 1.54) is 0 Å². The largest absolute Gasteiger partial charge is 0.506 e. The van der Waals surface area contributed by atoms with Gasteiger partial charge in [-0.05, 0) is 24.7 Å². The Hall–Kier alpha value is -0.920. The van der Waals surface area contributed by atoms with Crippen molar-refractivity contribution in [2.24, 2.45) is 5.41 Å². The van der Waals surface area contributed by atoms with Crippen LogP contribution in [0.1, 0.15) is 40.0 Å². The maximum atomic E-state index is 9.38. The molecule has 1 N–H and O–H groups in total. The van der Waals surface area contributed by atoms with Gasteiger partial charge in [0.15, 0.2) is 0 Å². The van der Waals surface area contributed by atoms with Gasteiger partial charge in [-0.15, -0.1) is 0 Å². The molecule has 0 amide bonds. The van der Waals surface area contributed by atoms with Gasteiger partial charge in [0.25, 0.3) is 0 Å². The Kier molecular flexibility index (Phi) is 3.48. The zero-order chi connectivity index (χ0) is 11.6. The van der Waals surface area contributed by atoms with Crippen molar-refractivity contribution in [3.8, 4) is 0 Å². The van der Waals surface area contributed by atoms with Crippen LogP contribution in [0.25, 0.3) is 0 Å². The minimum atomic E-state index is 0.105. The second-order valence-corrected chi connectivity index (χ2v) is 5.27. The number of hydrogen-bond acceptors (Lipinski definition) is 2. The first-order chi connectivity index (χ1) is 6.87. The first-order valence-corrected chi connectivity index (χ1v) is 5.71. The molecule has 1 aliphatic rings. The van der Waals surface area contributed by atoms with Crippen molar-refractivity contribution in [3.63, 3.8) is 0 Å². The third kappa shape index (κ3) is 2.77. The van der Waals surface area contributed by atoms with Crippen molar-refractivity contribution in [1.82, 2.24) is 4.90 Å². The number of likely N-dealkylation sites (tertiary alicyclic amines) is 1. The van der Waals surface area contributed by atoms with Gasteiger partial charge in [-0.1, -0.05) is 33.9 Å². The molecule has 1 atom stereocenters. The fraction of sp³-hybridized carbons (Fsp3) is 0.692. The molecule has 1 unspecified atom stereocenters. The topological polar surface area (TPSA) is 23.5 Å². The molecule has 2 heteroatoms. The molecule has 86 valence electrons. The van der Waals surface area contributed by atoms with Crippen LogP contribution < -0.4 is 0 Å². The number of aliphatic hydroxyl groups excluding tert-OH is 1. The average Bonchev–Trinajstić information content (AvgIpc) is 2.15. The van der Waals surface area contributed by atoms with Crippen molar-refractivity contribution >= 4 is 0 Å². The molecule has 1 aliphatic heterocycles. The van der Waals surface area contributed by atoms with Gasteiger partial charge in [-0.25, -0.2) is 0 Å². The summed E-state index contributed by atoms with van der Waals surface area (Å²) in [6, 6.07) is 0.491. The molecular weight excluding hydrogens is 186 g/mol. The summed E-state index contributed by atoms with van der Waals surface area (Å²) in [6.45, 7) is 15.2. The lowest BCUT2D eigenvalue weighted by atomic mass is 9.78. The zero-order valence-electron chi connectivity index (χ0n) is 10.2. The van der Waals surface area contributed by atoms with E-state index < -0.39 is 0 Å². The number of aliphatic hydroxyl groups is 1. The highest BCUT2D eigenvalue weighted by Crippen LogP contribution is 2.36. The Labute approximate surface area is 93.3 Å². The van der Waals surface area contributed by atoms with Crippen LogP contribution in [0.15, 0.2) is 24.6 Å². The van der Waals surface area contributed by atoms with Gasteiger partial charge in [0.05, 0.1) is 5.70 Å². The van der Waals surface area contributed by atoms with E-state index >= 15 is 0 Å². The van der Waals surface area contributed by atoms with Crippen LogP contribution in [0.4, 0.5) is 0 Å². The van der Waals surface area contributed by atoms with Gasteiger partial charge in [0.2, 0.25) is 0 Å². The molecule has 1 rings (SSSR count). The molecule has 0 aromatic carbocycles. The average molecular weight is 209 g/mol. The standard InChI is InChI=1S/C13H23NO/c1-6-12-9-13(4,5)7-8-14(12)10(2)11(3)15/h12,15H,2-3,6-9H2,1,4-5H3. The minimum absolute atomic E-state index is 0.105. The maximum Gasteiger partial charge on any atom is 0.131 e. The summed E-state index contributed by atoms with van der Waals surface area (Å²) in [5.74, 6) is 0.105. The van der Waals surface area contributed by atoms with Crippen LogP contribution in [0, 0.1) is 5.41 Å². The Morgan fingerprint density at radius 2 is 2.07 bits per heavy atom. The Morgan fingerprint density at radius 3 is 2.53 bits per heavy atom. The molecule has 0 aliphatic carbocycles. The van der Waals surface area contributed by atoms with Crippen molar-refractivity contribution < 1.29 is 5.11 Å². The Morgan fingerprint density at radius 1 is 1.47 bits per heavy atom. The number of piperidine rings is 1. The van der Waals surface area contributed by atoms with Crippen LogP contribution in [0.5, 0.6) is 0 Å². The smallest absolute Gasteiger partial charge is 0.131 e. The van der Waals surface area contributed by atoms with E-state index in [4.69, 9.17) is 0 Å². The molecule has 0 saturated carbocycles. The molecule has 1 heterocycles. The van der Waals surface area contributed by atoms with Crippen molar-refractivity contribution in [2.45, 2.75) is 46.1 Å². The number of rotatable bonds is 3. The predicted octanol–water partition coefficient (Wildman–Crippen LogP) is 3.47. The van der Waals surface area contributed by atoms with E-state index in [-0.39, 0.29) is 5.76 Å². The fourth-order valence-corrected chi connectivity index (χ4v) is 2.34.